The van der Waals surface area contributed by atoms with Gasteiger partial charge in [-0.15, -0.1) is 0 Å². The maximum atomic E-state index is 14.9. The third-order valence-corrected chi connectivity index (χ3v) is 6.71. The summed E-state index contributed by atoms with van der Waals surface area (Å²) in [6.45, 7) is 12.1. The first-order chi connectivity index (χ1) is 17.3. The van der Waals surface area contributed by atoms with Crippen LogP contribution >= 0.6 is 11.5 Å². The molecule has 1 saturated carbocycles. The molecule has 3 rings (SSSR count). The second-order valence-electron chi connectivity index (χ2n) is 9.00. The molecule has 1 atom stereocenters. The number of anilines is 1. The van der Waals surface area contributed by atoms with E-state index in [2.05, 4.69) is 28.5 Å². The highest BCUT2D eigenvalue weighted by Gasteiger charge is 2.33. The number of hydrogen-bond donors (Lipinski definition) is 2. The lowest BCUT2D eigenvalue weighted by atomic mass is 10.0. The van der Waals surface area contributed by atoms with E-state index < -0.39 is 0 Å². The second kappa shape index (κ2) is 14.9. The van der Waals surface area contributed by atoms with Gasteiger partial charge in [-0.05, 0) is 75.8 Å². The van der Waals surface area contributed by atoms with Gasteiger partial charge in [-0.1, -0.05) is 33.6 Å². The third kappa shape index (κ3) is 8.82. The lowest BCUT2D eigenvalue weighted by Gasteiger charge is -2.26. The molecule has 1 fully saturated rings. The van der Waals surface area contributed by atoms with Gasteiger partial charge in [0.2, 0.25) is 0 Å². The van der Waals surface area contributed by atoms with Crippen LogP contribution in [0.5, 0.6) is 0 Å². The van der Waals surface area contributed by atoms with Gasteiger partial charge in [0, 0.05) is 53.8 Å². The molecule has 0 spiro atoms. The molecule has 1 unspecified atom stereocenters. The normalized spacial score (nSPS) is 15.0. The number of allylic oxidation sites excluding steroid dienone is 4. The maximum absolute atomic E-state index is 14.9. The van der Waals surface area contributed by atoms with Crippen LogP contribution in [0, 0.1) is 0 Å². The van der Waals surface area contributed by atoms with Crippen molar-refractivity contribution in [2.45, 2.75) is 92.2 Å². The SMILES string of the molecule is CC.CCCCCNC(C)c1cncc(C(/C=C(\CC(C)=O)N(c2cc(=O)[nH]s2)C2CC2)=C(/C)F)c1. The Morgan fingerprint density at radius 3 is 2.56 bits per heavy atom. The van der Waals surface area contributed by atoms with E-state index in [1.54, 1.807) is 18.5 Å². The van der Waals surface area contributed by atoms with Gasteiger partial charge in [0.05, 0.1) is 0 Å². The van der Waals surface area contributed by atoms with Crippen molar-refractivity contribution in [1.29, 1.82) is 0 Å². The molecule has 8 heteroatoms. The van der Waals surface area contributed by atoms with Gasteiger partial charge in [-0.3, -0.25) is 18.9 Å². The molecule has 0 amide bonds. The molecular weight excluding hydrogens is 475 g/mol. The fourth-order valence-corrected chi connectivity index (χ4v) is 4.74. The van der Waals surface area contributed by atoms with Crippen LogP contribution in [0.15, 0.2) is 46.9 Å². The lowest BCUT2D eigenvalue weighted by molar-refractivity contribution is -0.116. The Labute approximate surface area is 218 Å². The Morgan fingerprint density at radius 1 is 1.28 bits per heavy atom. The number of carbonyl (C=O) groups excluding carboxylic acids is 1. The van der Waals surface area contributed by atoms with Crippen LogP contribution in [0.25, 0.3) is 5.57 Å². The first-order valence-corrected chi connectivity index (χ1v) is 13.8. The number of H-pyrrole nitrogens is 1. The molecule has 0 aromatic carbocycles. The molecule has 2 N–H and O–H groups in total. The van der Waals surface area contributed by atoms with Crippen LogP contribution in [0.4, 0.5) is 9.39 Å². The fraction of sp³-hybridized carbons (Fsp3) is 0.536. The number of nitrogens with zero attached hydrogens (tertiary/aromatic N) is 2. The summed E-state index contributed by atoms with van der Waals surface area (Å²) in [5.74, 6) is -0.367. The van der Waals surface area contributed by atoms with E-state index in [0.717, 1.165) is 36.4 Å². The van der Waals surface area contributed by atoms with E-state index in [-0.39, 0.29) is 35.7 Å². The standard InChI is InChI=1S/C26H35FN4O2S.C2H6/c1-5-6-7-10-29-19(4)20-12-21(16-28-15-20)24(18(3)27)13-23(11-17(2)32)31(22-8-9-22)26-14-25(33)30-34-26;1-2/h12-16,19,22,29H,5-11H2,1-4H3,(H,30,33);1-2H3/b23-13+,24-18-;. The van der Waals surface area contributed by atoms with Gasteiger partial charge < -0.3 is 10.2 Å². The van der Waals surface area contributed by atoms with Crippen molar-refractivity contribution in [1.82, 2.24) is 14.7 Å². The zero-order valence-electron chi connectivity index (χ0n) is 22.5. The number of pyridine rings is 1. The fourth-order valence-electron chi connectivity index (χ4n) is 3.94. The zero-order chi connectivity index (χ0) is 26.7. The van der Waals surface area contributed by atoms with Gasteiger partial charge in [0.15, 0.2) is 0 Å². The zero-order valence-corrected chi connectivity index (χ0v) is 23.3. The molecule has 2 aromatic rings. The van der Waals surface area contributed by atoms with Gasteiger partial charge in [-0.25, -0.2) is 4.39 Å². The van der Waals surface area contributed by atoms with Crippen molar-refractivity contribution in [2.24, 2.45) is 0 Å². The predicted molar refractivity (Wildman–Crippen MR) is 149 cm³/mol. The van der Waals surface area contributed by atoms with Crippen molar-refractivity contribution >= 4 is 27.9 Å². The molecule has 1 aliphatic carbocycles. The summed E-state index contributed by atoms with van der Waals surface area (Å²) in [5, 5.41) is 4.25. The van der Waals surface area contributed by atoms with Gasteiger partial charge >= 0.3 is 0 Å². The number of aromatic nitrogens is 2. The average molecular weight is 517 g/mol. The van der Waals surface area contributed by atoms with Crippen LogP contribution in [0.2, 0.25) is 0 Å². The maximum Gasteiger partial charge on any atom is 0.260 e. The number of unbranched alkanes of at least 4 members (excludes halogenated alkanes) is 2. The lowest BCUT2D eigenvalue weighted by Crippen LogP contribution is -2.25. The predicted octanol–water partition coefficient (Wildman–Crippen LogP) is 6.93. The van der Waals surface area contributed by atoms with E-state index in [1.807, 2.05) is 24.8 Å². The number of ketones is 1. The van der Waals surface area contributed by atoms with Crippen molar-refractivity contribution < 1.29 is 9.18 Å². The van der Waals surface area contributed by atoms with Crippen molar-refractivity contribution in [3.05, 3.63) is 63.6 Å². The minimum atomic E-state index is -0.346. The number of hydrogen-bond acceptors (Lipinski definition) is 6. The Balaban J connectivity index is 0.00000222. The summed E-state index contributed by atoms with van der Waals surface area (Å²) >= 11 is 1.24. The molecule has 2 aromatic heterocycles. The Kier molecular flexibility index (Phi) is 12.2. The minimum Gasteiger partial charge on any atom is -0.332 e. The molecule has 198 valence electrons. The summed E-state index contributed by atoms with van der Waals surface area (Å²) in [6, 6.07) is 3.79. The van der Waals surface area contributed by atoms with E-state index in [1.165, 1.54) is 44.3 Å². The van der Waals surface area contributed by atoms with E-state index in [9.17, 15) is 14.0 Å². The average Bonchev–Trinajstić information content (AvgIpc) is 3.60. The summed E-state index contributed by atoms with van der Waals surface area (Å²) in [4.78, 5) is 30.4. The molecule has 0 aliphatic heterocycles. The van der Waals surface area contributed by atoms with E-state index in [4.69, 9.17) is 0 Å². The van der Waals surface area contributed by atoms with Crippen LogP contribution in [-0.4, -0.2) is 27.7 Å². The number of carbonyl (C=O) groups is 1. The van der Waals surface area contributed by atoms with Crippen molar-refractivity contribution in [3.63, 3.8) is 0 Å². The number of halogens is 1. The largest absolute Gasteiger partial charge is 0.332 e. The Hall–Kier alpha value is -2.58. The molecule has 0 saturated heterocycles. The summed E-state index contributed by atoms with van der Waals surface area (Å²) in [6.07, 6.45) is 10.8. The highest BCUT2D eigenvalue weighted by molar-refractivity contribution is 7.10. The number of Topliss-reactive ketones (excluding diaryl/α,β-unsaturated/α-hetero) is 1. The Morgan fingerprint density at radius 2 is 2.00 bits per heavy atom. The van der Waals surface area contributed by atoms with Gasteiger partial charge in [0.25, 0.3) is 5.56 Å². The quantitative estimate of drug-likeness (QED) is 0.223. The summed E-state index contributed by atoms with van der Waals surface area (Å²) < 4.78 is 17.6. The van der Waals surface area contributed by atoms with Crippen LogP contribution in [-0.2, 0) is 4.79 Å². The molecule has 0 bridgehead atoms. The minimum absolute atomic E-state index is 0.0209. The smallest absolute Gasteiger partial charge is 0.260 e. The number of aromatic amines is 1. The van der Waals surface area contributed by atoms with Crippen molar-refractivity contribution in [2.75, 3.05) is 11.4 Å². The summed E-state index contributed by atoms with van der Waals surface area (Å²) in [7, 11) is 0. The molecule has 1 aliphatic rings. The van der Waals surface area contributed by atoms with Crippen molar-refractivity contribution in [3.8, 4) is 0 Å². The van der Waals surface area contributed by atoms with Gasteiger partial charge in [-0.2, -0.15) is 0 Å². The topological polar surface area (TPSA) is 78.1 Å². The molecule has 36 heavy (non-hydrogen) atoms. The second-order valence-corrected chi connectivity index (χ2v) is 9.83. The molecule has 6 nitrogen and oxygen atoms in total. The Bertz CT molecular complexity index is 1100. The van der Waals surface area contributed by atoms with E-state index in [0.29, 0.717) is 16.8 Å². The van der Waals surface area contributed by atoms with Gasteiger partial charge in [0.1, 0.15) is 16.6 Å². The number of nitrogens with one attached hydrogen (secondary N) is 2. The first kappa shape index (κ1) is 29.6. The highest BCUT2D eigenvalue weighted by atomic mass is 32.1. The number of rotatable bonds is 13. The molecule has 2 heterocycles. The molecule has 0 radical (unpaired) electrons. The molecular formula is C28H41FN4O2S. The summed E-state index contributed by atoms with van der Waals surface area (Å²) in [5.41, 5.74) is 2.56. The van der Waals surface area contributed by atoms with Crippen LogP contribution in [0.1, 0.15) is 97.2 Å². The monoisotopic (exact) mass is 516 g/mol. The van der Waals surface area contributed by atoms with Crippen LogP contribution in [0.3, 0.4) is 0 Å². The highest BCUT2D eigenvalue weighted by Crippen LogP contribution is 2.38. The van der Waals surface area contributed by atoms with E-state index >= 15 is 0 Å². The third-order valence-electron chi connectivity index (χ3n) is 5.88. The first-order valence-electron chi connectivity index (χ1n) is 13.0. The van der Waals surface area contributed by atoms with Crippen LogP contribution < -0.4 is 15.8 Å².